The second-order valence-corrected chi connectivity index (χ2v) is 9.95. The molecule has 1 saturated heterocycles. The Hall–Kier alpha value is -1.51. The monoisotopic (exact) mass is 475 g/mol. The summed E-state index contributed by atoms with van der Waals surface area (Å²) in [7, 11) is -3.59. The van der Waals surface area contributed by atoms with Gasteiger partial charge in [-0.15, -0.1) is 0 Å². The van der Waals surface area contributed by atoms with Crippen molar-refractivity contribution in [3.63, 3.8) is 0 Å². The van der Waals surface area contributed by atoms with Crippen molar-refractivity contribution in [3.05, 3.63) is 57.0 Å². The molecule has 1 amide bonds. The molecule has 29 heavy (non-hydrogen) atoms. The lowest BCUT2D eigenvalue weighted by atomic mass is 10.1. The normalized spacial score (nSPS) is 17.7. The molecule has 1 aliphatic rings. The van der Waals surface area contributed by atoms with Crippen LogP contribution in [0.5, 0.6) is 0 Å². The third-order valence-corrected chi connectivity index (χ3v) is 7.62. The molecule has 1 heterocycles. The van der Waals surface area contributed by atoms with Crippen molar-refractivity contribution >= 4 is 56.4 Å². The fraction of sp³-hybridized carbons (Fsp3) is 0.316. The summed E-state index contributed by atoms with van der Waals surface area (Å²) in [6, 6.07) is 8.75. The number of amides is 1. The number of carbonyl (C=O) groups is 1. The van der Waals surface area contributed by atoms with Crippen LogP contribution in [0, 0.1) is 0 Å². The molecule has 0 aliphatic carbocycles. The van der Waals surface area contributed by atoms with Crippen LogP contribution in [-0.4, -0.2) is 31.2 Å². The summed E-state index contributed by atoms with van der Waals surface area (Å²) in [5, 5.41) is 0.872. The van der Waals surface area contributed by atoms with Crippen molar-refractivity contribution in [2.75, 3.05) is 12.0 Å². The van der Waals surface area contributed by atoms with Gasteiger partial charge < -0.3 is 0 Å². The number of sulfonamides is 1. The Morgan fingerprint density at radius 1 is 1.07 bits per heavy atom. The highest BCUT2D eigenvalue weighted by Crippen LogP contribution is 2.33. The predicted octanol–water partition coefficient (Wildman–Crippen LogP) is 4.97. The summed E-state index contributed by atoms with van der Waals surface area (Å²) in [5.74, 6) is -0.470. The van der Waals surface area contributed by atoms with Gasteiger partial charge in [-0.2, -0.15) is 4.31 Å². The van der Waals surface area contributed by atoms with Crippen LogP contribution < -0.4 is 10.9 Å². The van der Waals surface area contributed by atoms with Crippen molar-refractivity contribution in [2.45, 2.75) is 37.1 Å². The standard InChI is InChI=1S/C19H20Cl3N3O3S/c1-12-4-2-3-9-25(12)29(27,28)15-7-5-13(6-8-15)19(26)24-23-18-16(21)10-14(20)11-17(18)22/h5-8,10-12,23H,2-4,9H2,1H3,(H,24,26). The maximum absolute atomic E-state index is 12.9. The molecule has 1 fully saturated rings. The molecular weight excluding hydrogens is 457 g/mol. The molecule has 1 aliphatic heterocycles. The van der Waals surface area contributed by atoms with E-state index in [1.54, 1.807) is 0 Å². The van der Waals surface area contributed by atoms with Crippen LogP contribution in [-0.2, 0) is 10.0 Å². The molecule has 10 heteroatoms. The van der Waals surface area contributed by atoms with Gasteiger partial charge in [0.25, 0.3) is 5.91 Å². The number of hydrogen-bond donors (Lipinski definition) is 2. The lowest BCUT2D eigenvalue weighted by Crippen LogP contribution is -2.41. The van der Waals surface area contributed by atoms with Gasteiger partial charge in [-0.3, -0.25) is 15.6 Å². The Kier molecular flexibility index (Phi) is 6.96. The van der Waals surface area contributed by atoms with Gasteiger partial charge in [0.1, 0.15) is 0 Å². The highest BCUT2D eigenvalue weighted by molar-refractivity contribution is 7.89. The average molecular weight is 477 g/mol. The molecule has 2 aromatic rings. The number of hydrogen-bond acceptors (Lipinski definition) is 4. The van der Waals surface area contributed by atoms with Gasteiger partial charge in [0, 0.05) is 23.2 Å². The van der Waals surface area contributed by atoms with E-state index in [-0.39, 0.29) is 26.5 Å². The van der Waals surface area contributed by atoms with Gasteiger partial charge in [0.05, 0.1) is 20.6 Å². The molecular formula is C19H20Cl3N3O3S. The number of benzene rings is 2. The van der Waals surface area contributed by atoms with Crippen molar-refractivity contribution in [1.29, 1.82) is 0 Å². The number of anilines is 1. The summed E-state index contributed by atoms with van der Waals surface area (Å²) in [4.78, 5) is 12.5. The van der Waals surface area contributed by atoms with Crippen LogP contribution >= 0.6 is 34.8 Å². The number of halogens is 3. The summed E-state index contributed by atoms with van der Waals surface area (Å²) < 4.78 is 27.3. The van der Waals surface area contributed by atoms with Crippen LogP contribution in [0.15, 0.2) is 41.3 Å². The van der Waals surface area contributed by atoms with Crippen molar-refractivity contribution in [1.82, 2.24) is 9.73 Å². The lowest BCUT2D eigenvalue weighted by Gasteiger charge is -2.32. The van der Waals surface area contributed by atoms with Crippen molar-refractivity contribution < 1.29 is 13.2 Å². The molecule has 2 aromatic carbocycles. The van der Waals surface area contributed by atoms with Crippen molar-refractivity contribution in [3.8, 4) is 0 Å². The maximum Gasteiger partial charge on any atom is 0.269 e. The fourth-order valence-electron chi connectivity index (χ4n) is 3.20. The second-order valence-electron chi connectivity index (χ2n) is 6.81. The van der Waals surface area contributed by atoms with Gasteiger partial charge in [-0.05, 0) is 56.2 Å². The van der Waals surface area contributed by atoms with Crippen LogP contribution in [0.3, 0.4) is 0 Å². The Labute approximate surface area is 185 Å². The Bertz CT molecular complexity index is 990. The first-order valence-corrected chi connectivity index (χ1v) is 11.6. The summed E-state index contributed by atoms with van der Waals surface area (Å²) in [6.45, 7) is 2.43. The van der Waals surface area contributed by atoms with E-state index < -0.39 is 15.9 Å². The largest absolute Gasteiger partial charge is 0.295 e. The third kappa shape index (κ3) is 4.98. The zero-order valence-corrected chi connectivity index (χ0v) is 18.7. The number of carbonyl (C=O) groups excluding carboxylic acids is 1. The van der Waals surface area contributed by atoms with E-state index in [9.17, 15) is 13.2 Å². The van der Waals surface area contributed by atoms with Crippen LogP contribution in [0.1, 0.15) is 36.5 Å². The van der Waals surface area contributed by atoms with Gasteiger partial charge in [0.15, 0.2) is 0 Å². The summed E-state index contributed by atoms with van der Waals surface area (Å²) in [5.41, 5.74) is 5.74. The van der Waals surface area contributed by atoms with Crippen LogP contribution in [0.2, 0.25) is 15.1 Å². The first-order valence-electron chi connectivity index (χ1n) is 9.03. The highest BCUT2D eigenvalue weighted by atomic mass is 35.5. The van der Waals surface area contributed by atoms with Gasteiger partial charge in [-0.1, -0.05) is 41.2 Å². The second kappa shape index (κ2) is 9.10. The molecule has 156 valence electrons. The van der Waals surface area contributed by atoms with E-state index in [1.807, 2.05) is 6.92 Å². The van der Waals surface area contributed by atoms with E-state index in [2.05, 4.69) is 10.9 Å². The summed E-state index contributed by atoms with van der Waals surface area (Å²) >= 11 is 18.0. The molecule has 0 spiro atoms. The smallest absolute Gasteiger partial charge is 0.269 e. The molecule has 0 saturated carbocycles. The maximum atomic E-state index is 12.9. The molecule has 0 radical (unpaired) electrons. The lowest BCUT2D eigenvalue weighted by molar-refractivity contribution is 0.0962. The van der Waals surface area contributed by atoms with Gasteiger partial charge >= 0.3 is 0 Å². The number of piperidine rings is 1. The quantitative estimate of drug-likeness (QED) is 0.597. The predicted molar refractivity (Wildman–Crippen MR) is 116 cm³/mol. The van der Waals surface area contributed by atoms with E-state index in [4.69, 9.17) is 34.8 Å². The highest BCUT2D eigenvalue weighted by Gasteiger charge is 2.30. The zero-order chi connectivity index (χ0) is 21.2. The number of nitrogens with zero attached hydrogens (tertiary/aromatic N) is 1. The molecule has 1 atom stereocenters. The average Bonchev–Trinajstić information content (AvgIpc) is 2.67. The zero-order valence-electron chi connectivity index (χ0n) is 15.6. The number of rotatable bonds is 5. The Balaban J connectivity index is 1.71. The molecule has 6 nitrogen and oxygen atoms in total. The summed E-state index contributed by atoms with van der Waals surface area (Å²) in [6.07, 6.45) is 2.73. The van der Waals surface area contributed by atoms with Crippen molar-refractivity contribution in [2.24, 2.45) is 0 Å². The topological polar surface area (TPSA) is 78.5 Å². The van der Waals surface area contributed by atoms with Gasteiger partial charge in [0.2, 0.25) is 10.0 Å². The Morgan fingerprint density at radius 2 is 1.69 bits per heavy atom. The molecule has 0 bridgehead atoms. The van der Waals surface area contributed by atoms with Gasteiger partial charge in [-0.25, -0.2) is 8.42 Å². The fourth-order valence-corrected chi connectivity index (χ4v) is 5.81. The molecule has 0 aromatic heterocycles. The molecule has 2 N–H and O–H groups in total. The minimum absolute atomic E-state index is 0.0326. The number of nitrogens with one attached hydrogen (secondary N) is 2. The third-order valence-electron chi connectivity index (χ3n) is 4.77. The minimum atomic E-state index is -3.59. The SMILES string of the molecule is CC1CCCCN1S(=O)(=O)c1ccc(C(=O)NNc2c(Cl)cc(Cl)cc2Cl)cc1. The number of hydrazine groups is 1. The van der Waals surface area contributed by atoms with Crippen LogP contribution in [0.25, 0.3) is 0 Å². The van der Waals surface area contributed by atoms with E-state index in [1.165, 1.54) is 40.7 Å². The minimum Gasteiger partial charge on any atom is -0.295 e. The first kappa shape index (κ1) is 22.2. The molecule has 1 unspecified atom stereocenters. The Morgan fingerprint density at radius 3 is 2.28 bits per heavy atom. The van der Waals surface area contributed by atoms with E-state index >= 15 is 0 Å². The molecule has 3 rings (SSSR count). The van der Waals surface area contributed by atoms with E-state index in [0.717, 1.165) is 19.3 Å². The first-order chi connectivity index (χ1) is 13.7. The van der Waals surface area contributed by atoms with Crippen LogP contribution in [0.4, 0.5) is 5.69 Å². The van der Waals surface area contributed by atoms with E-state index in [0.29, 0.717) is 17.3 Å².